The molecule has 142 valence electrons. The lowest BCUT2D eigenvalue weighted by atomic mass is 9.95. The number of hydrogen-bond acceptors (Lipinski definition) is 4. The largest absolute Gasteiger partial charge is 0.464 e. The average Bonchev–Trinajstić information content (AvgIpc) is 3.14. The van der Waals surface area contributed by atoms with Gasteiger partial charge >= 0.3 is 0 Å². The lowest BCUT2D eigenvalue weighted by Gasteiger charge is -2.10. The third kappa shape index (κ3) is 3.07. The number of benzene rings is 2. The van der Waals surface area contributed by atoms with Gasteiger partial charge in [0.2, 0.25) is 5.91 Å². The summed E-state index contributed by atoms with van der Waals surface area (Å²) in [7, 11) is 0. The van der Waals surface area contributed by atoms with Crippen molar-refractivity contribution in [2.75, 3.05) is 5.32 Å². The van der Waals surface area contributed by atoms with E-state index in [0.29, 0.717) is 17.2 Å². The Kier molecular flexibility index (Phi) is 4.26. The van der Waals surface area contributed by atoms with Gasteiger partial charge in [-0.3, -0.25) is 19.7 Å². The van der Waals surface area contributed by atoms with Crippen molar-refractivity contribution in [2.24, 2.45) is 0 Å². The monoisotopic (exact) mass is 376 g/mol. The van der Waals surface area contributed by atoms with E-state index < -0.39 is 11.8 Å². The maximum atomic E-state index is 12.5. The zero-order valence-electron chi connectivity index (χ0n) is 15.9. The summed E-state index contributed by atoms with van der Waals surface area (Å²) < 4.78 is 5.63. The van der Waals surface area contributed by atoms with Crippen LogP contribution in [-0.4, -0.2) is 17.7 Å². The highest BCUT2D eigenvalue weighted by molar-refractivity contribution is 6.22. The van der Waals surface area contributed by atoms with Crippen LogP contribution < -0.4 is 10.6 Å². The number of rotatable bonds is 4. The topological polar surface area (TPSA) is 88.4 Å². The van der Waals surface area contributed by atoms with Crippen LogP contribution in [0.3, 0.4) is 0 Å². The fourth-order valence-electron chi connectivity index (χ4n) is 3.63. The van der Waals surface area contributed by atoms with Gasteiger partial charge in [0.25, 0.3) is 11.8 Å². The van der Waals surface area contributed by atoms with E-state index in [9.17, 15) is 14.4 Å². The summed E-state index contributed by atoms with van der Waals surface area (Å²) in [5.41, 5.74) is 5.03. The summed E-state index contributed by atoms with van der Waals surface area (Å²) >= 11 is 0. The number of carbonyl (C=O) groups is 3. The number of fused-ring (bicyclic) bond motifs is 2. The summed E-state index contributed by atoms with van der Waals surface area (Å²) in [4.78, 5) is 35.9. The lowest BCUT2D eigenvalue weighted by Crippen LogP contribution is -2.19. The molecule has 4 rings (SSSR count). The Bertz CT molecular complexity index is 1140. The smallest absolute Gasteiger partial charge is 0.259 e. The number of imide groups is 1. The minimum absolute atomic E-state index is 0.149. The molecule has 1 aliphatic heterocycles. The first-order valence-electron chi connectivity index (χ1n) is 9.13. The molecule has 3 aromatic rings. The molecule has 0 bridgehead atoms. The molecule has 0 atom stereocenters. The molecule has 0 aliphatic carbocycles. The minimum Gasteiger partial charge on any atom is -0.464 e. The molecular formula is C22H20N2O4. The van der Waals surface area contributed by atoms with E-state index in [4.69, 9.17) is 4.42 Å². The molecule has 1 aromatic heterocycles. The molecule has 0 saturated carbocycles. The Labute approximate surface area is 161 Å². The number of aryl methyl sites for hydroxylation is 1. The van der Waals surface area contributed by atoms with Crippen LogP contribution in [0.1, 0.15) is 57.2 Å². The number of anilines is 1. The molecule has 0 unspecified atom stereocenters. The Hall–Kier alpha value is -3.41. The molecule has 2 N–H and O–H groups in total. The van der Waals surface area contributed by atoms with E-state index in [1.165, 1.54) is 23.3 Å². The van der Waals surface area contributed by atoms with Gasteiger partial charge in [0.15, 0.2) is 0 Å². The number of furan rings is 1. The maximum Gasteiger partial charge on any atom is 0.259 e. The molecule has 3 amide bonds. The maximum absolute atomic E-state index is 12.5. The minimum atomic E-state index is -0.450. The van der Waals surface area contributed by atoms with Crippen molar-refractivity contribution in [2.45, 2.75) is 33.1 Å². The zero-order valence-corrected chi connectivity index (χ0v) is 15.9. The van der Waals surface area contributed by atoms with E-state index in [1.54, 1.807) is 12.3 Å². The third-order valence-corrected chi connectivity index (χ3v) is 5.03. The summed E-state index contributed by atoms with van der Waals surface area (Å²) in [6.45, 7) is 6.32. The molecule has 0 spiro atoms. The third-order valence-electron chi connectivity index (χ3n) is 5.03. The van der Waals surface area contributed by atoms with Gasteiger partial charge in [-0.15, -0.1) is 0 Å². The first-order chi connectivity index (χ1) is 13.3. The highest BCUT2D eigenvalue weighted by atomic mass is 16.3. The van der Waals surface area contributed by atoms with Gasteiger partial charge in [-0.2, -0.15) is 0 Å². The fourth-order valence-corrected chi connectivity index (χ4v) is 3.63. The molecule has 0 saturated heterocycles. The Morgan fingerprint density at radius 1 is 1.11 bits per heavy atom. The van der Waals surface area contributed by atoms with Gasteiger partial charge in [-0.1, -0.05) is 13.8 Å². The van der Waals surface area contributed by atoms with Crippen molar-refractivity contribution in [1.29, 1.82) is 0 Å². The Morgan fingerprint density at radius 2 is 1.86 bits per heavy atom. The van der Waals surface area contributed by atoms with Gasteiger partial charge in [-0.05, 0) is 54.3 Å². The van der Waals surface area contributed by atoms with Crippen LogP contribution in [0, 0.1) is 6.92 Å². The highest BCUT2D eigenvalue weighted by Crippen LogP contribution is 2.29. The molecule has 0 radical (unpaired) electrons. The second kappa shape index (κ2) is 6.64. The quantitative estimate of drug-likeness (QED) is 0.675. The van der Waals surface area contributed by atoms with E-state index >= 15 is 0 Å². The molecule has 1 aliphatic rings. The lowest BCUT2D eigenvalue weighted by molar-refractivity contribution is -0.115. The van der Waals surface area contributed by atoms with Crippen LogP contribution in [0.2, 0.25) is 0 Å². The summed E-state index contributed by atoms with van der Waals surface area (Å²) in [6, 6.07) is 8.76. The summed E-state index contributed by atoms with van der Waals surface area (Å²) in [6.07, 6.45) is 1.76. The zero-order chi connectivity index (χ0) is 20.0. The van der Waals surface area contributed by atoms with E-state index in [1.807, 2.05) is 6.07 Å². The molecule has 6 heteroatoms. The first kappa shape index (κ1) is 18.0. The van der Waals surface area contributed by atoms with Gasteiger partial charge in [0.1, 0.15) is 5.58 Å². The summed E-state index contributed by atoms with van der Waals surface area (Å²) in [5.74, 6) is -0.715. The van der Waals surface area contributed by atoms with E-state index in [2.05, 4.69) is 37.5 Å². The molecule has 0 fully saturated rings. The fraction of sp³-hybridized carbons (Fsp3) is 0.227. The van der Waals surface area contributed by atoms with Crippen molar-refractivity contribution in [3.8, 4) is 0 Å². The summed E-state index contributed by atoms with van der Waals surface area (Å²) in [5, 5.41) is 5.96. The number of hydrogen-bond donors (Lipinski definition) is 2. The second-order valence-corrected chi connectivity index (χ2v) is 7.39. The molecule has 2 aromatic carbocycles. The first-order valence-corrected chi connectivity index (χ1v) is 9.13. The van der Waals surface area contributed by atoms with Crippen molar-refractivity contribution in [3.05, 3.63) is 64.4 Å². The molecule has 28 heavy (non-hydrogen) atoms. The van der Waals surface area contributed by atoms with Crippen LogP contribution >= 0.6 is 0 Å². The average molecular weight is 376 g/mol. The normalized spacial score (nSPS) is 13.1. The van der Waals surface area contributed by atoms with Crippen LogP contribution in [0.25, 0.3) is 11.0 Å². The van der Waals surface area contributed by atoms with Gasteiger partial charge < -0.3 is 9.73 Å². The van der Waals surface area contributed by atoms with Crippen LogP contribution in [0.5, 0.6) is 0 Å². The molecular weight excluding hydrogens is 356 g/mol. The van der Waals surface area contributed by atoms with Crippen molar-refractivity contribution in [1.82, 2.24) is 5.32 Å². The van der Waals surface area contributed by atoms with Gasteiger partial charge in [0, 0.05) is 16.6 Å². The predicted molar refractivity (Wildman–Crippen MR) is 106 cm³/mol. The van der Waals surface area contributed by atoms with Gasteiger partial charge in [0.05, 0.1) is 23.8 Å². The highest BCUT2D eigenvalue weighted by Gasteiger charge is 2.26. The van der Waals surface area contributed by atoms with E-state index in [-0.39, 0.29) is 17.9 Å². The van der Waals surface area contributed by atoms with E-state index in [0.717, 1.165) is 16.5 Å². The van der Waals surface area contributed by atoms with Crippen molar-refractivity contribution in [3.63, 3.8) is 0 Å². The Morgan fingerprint density at radius 3 is 2.61 bits per heavy atom. The standard InChI is InChI=1S/C22H20N2O4/c1-11(2)16-9-17-13(10-28-19(17)6-12(16)3)7-20(25)23-14-4-5-15-18(8-14)22(27)24-21(15)26/h4-6,8-11H,7H2,1-3H3,(H,23,25)(H,24,26,27). The second-order valence-electron chi connectivity index (χ2n) is 7.39. The van der Waals surface area contributed by atoms with Crippen LogP contribution in [0.15, 0.2) is 41.0 Å². The molecule has 2 heterocycles. The SMILES string of the molecule is Cc1cc2occ(CC(=O)Nc3ccc4c(c3)C(=O)NC4=O)c2cc1C(C)C. The predicted octanol–water partition coefficient (Wildman–Crippen LogP) is 3.93. The Balaban J connectivity index is 1.56. The van der Waals surface area contributed by atoms with Crippen LogP contribution in [-0.2, 0) is 11.2 Å². The number of amides is 3. The van der Waals surface area contributed by atoms with Crippen molar-refractivity contribution < 1.29 is 18.8 Å². The molecule has 6 nitrogen and oxygen atoms in total. The van der Waals surface area contributed by atoms with Crippen LogP contribution in [0.4, 0.5) is 5.69 Å². The number of carbonyl (C=O) groups excluding carboxylic acids is 3. The van der Waals surface area contributed by atoms with Crippen molar-refractivity contribution >= 4 is 34.4 Å². The van der Waals surface area contributed by atoms with Gasteiger partial charge in [-0.25, -0.2) is 0 Å². The number of nitrogens with one attached hydrogen (secondary N) is 2.